The van der Waals surface area contributed by atoms with Crippen LogP contribution in [-0.2, 0) is 12.8 Å². The minimum atomic E-state index is 1.26. The Balaban J connectivity index is 2.24. The summed E-state index contributed by atoms with van der Waals surface area (Å²) in [6, 6.07) is 6.99. The summed E-state index contributed by atoms with van der Waals surface area (Å²) in [7, 11) is 0. The van der Waals surface area contributed by atoms with Crippen molar-refractivity contribution < 1.29 is 4.48 Å². The Bertz CT molecular complexity index is 364. The van der Waals surface area contributed by atoms with E-state index in [4.69, 9.17) is 0 Å². The number of aryl methyl sites for hydroxylation is 1. The van der Waals surface area contributed by atoms with Crippen LogP contribution in [0.2, 0.25) is 0 Å². The fourth-order valence-electron chi connectivity index (χ4n) is 2.91. The summed E-state index contributed by atoms with van der Waals surface area (Å²) < 4.78 is 1.30. The van der Waals surface area contributed by atoms with E-state index in [-0.39, 0.29) is 0 Å². The lowest BCUT2D eigenvalue weighted by Gasteiger charge is -2.35. The zero-order chi connectivity index (χ0) is 11.6. The van der Waals surface area contributed by atoms with E-state index in [1.54, 1.807) is 11.1 Å². The van der Waals surface area contributed by atoms with E-state index < -0.39 is 0 Å². The van der Waals surface area contributed by atoms with Gasteiger partial charge in [0.2, 0.25) is 0 Å². The maximum atomic E-state index is 2.39. The zero-order valence-corrected chi connectivity index (χ0v) is 10.9. The number of hydrogen-bond donors (Lipinski definition) is 0. The van der Waals surface area contributed by atoms with Gasteiger partial charge < -0.3 is 4.48 Å². The Kier molecular flexibility index (Phi) is 3.34. The number of rotatable bonds is 2. The first-order valence-electron chi connectivity index (χ1n) is 6.62. The molecule has 1 heteroatoms. The van der Waals surface area contributed by atoms with Crippen LogP contribution in [0.4, 0.5) is 0 Å². The minimum Gasteiger partial charge on any atom is -0.324 e. The molecule has 0 saturated carbocycles. The van der Waals surface area contributed by atoms with Crippen LogP contribution in [0.1, 0.15) is 30.5 Å². The average Bonchev–Trinajstić information content (AvgIpc) is 2.49. The Morgan fingerprint density at radius 3 is 2.25 bits per heavy atom. The molecule has 1 aromatic carbocycles. The summed E-state index contributed by atoms with van der Waals surface area (Å²) in [5.74, 6) is 0. The third-order valence-electron chi connectivity index (χ3n) is 4.41. The van der Waals surface area contributed by atoms with E-state index in [0.29, 0.717) is 0 Å². The molecule has 0 amide bonds. The Morgan fingerprint density at radius 1 is 1.00 bits per heavy atom. The monoisotopic (exact) mass is 218 g/mol. The quantitative estimate of drug-likeness (QED) is 0.670. The Labute approximate surface area is 99.7 Å². The molecule has 0 aromatic heterocycles. The SMILES string of the molecule is CC[N+]1(CC)CCc2ccc(C)cc2CC1. The van der Waals surface area contributed by atoms with Gasteiger partial charge in [0, 0.05) is 12.8 Å². The molecule has 1 nitrogen and oxygen atoms in total. The number of likely N-dealkylation sites (N-methyl/N-ethyl adjacent to an activating group) is 1. The predicted molar refractivity (Wildman–Crippen MR) is 69.7 cm³/mol. The van der Waals surface area contributed by atoms with Crippen molar-refractivity contribution in [2.45, 2.75) is 33.6 Å². The number of hydrogen-bond acceptors (Lipinski definition) is 0. The highest BCUT2D eigenvalue weighted by molar-refractivity contribution is 5.32. The number of nitrogens with zero attached hydrogens (tertiary/aromatic N) is 1. The topological polar surface area (TPSA) is 0 Å². The third-order valence-corrected chi connectivity index (χ3v) is 4.41. The maximum Gasteiger partial charge on any atom is 0.0827 e. The molecule has 88 valence electrons. The molecule has 0 atom stereocenters. The summed E-state index contributed by atoms with van der Waals surface area (Å²) >= 11 is 0. The predicted octanol–water partition coefficient (Wildman–Crippen LogP) is 2.95. The second-order valence-electron chi connectivity index (χ2n) is 5.19. The van der Waals surface area contributed by atoms with E-state index >= 15 is 0 Å². The molecular formula is C15H24N+. The first-order chi connectivity index (χ1) is 7.69. The molecule has 0 spiro atoms. The Morgan fingerprint density at radius 2 is 1.62 bits per heavy atom. The van der Waals surface area contributed by atoms with Gasteiger partial charge in [-0.15, -0.1) is 0 Å². The second kappa shape index (κ2) is 4.58. The van der Waals surface area contributed by atoms with Crippen molar-refractivity contribution in [1.82, 2.24) is 0 Å². The fraction of sp³-hybridized carbons (Fsp3) is 0.600. The molecule has 1 aromatic rings. The van der Waals surface area contributed by atoms with Crippen LogP contribution in [0.25, 0.3) is 0 Å². The van der Waals surface area contributed by atoms with Crippen molar-refractivity contribution >= 4 is 0 Å². The van der Waals surface area contributed by atoms with Crippen LogP contribution in [-0.4, -0.2) is 30.7 Å². The van der Waals surface area contributed by atoms with Gasteiger partial charge in [-0.05, 0) is 31.9 Å². The van der Waals surface area contributed by atoms with Gasteiger partial charge in [0.1, 0.15) is 0 Å². The van der Waals surface area contributed by atoms with Gasteiger partial charge in [-0.1, -0.05) is 23.8 Å². The molecule has 0 bridgehead atoms. The molecule has 16 heavy (non-hydrogen) atoms. The van der Waals surface area contributed by atoms with Gasteiger partial charge in [0.25, 0.3) is 0 Å². The highest BCUT2D eigenvalue weighted by Crippen LogP contribution is 2.21. The summed E-state index contributed by atoms with van der Waals surface area (Å²) in [6.07, 6.45) is 2.52. The molecule has 1 aliphatic heterocycles. The number of quaternary nitrogens is 1. The van der Waals surface area contributed by atoms with E-state index in [0.717, 1.165) is 0 Å². The van der Waals surface area contributed by atoms with Gasteiger partial charge >= 0.3 is 0 Å². The van der Waals surface area contributed by atoms with Crippen molar-refractivity contribution in [3.8, 4) is 0 Å². The lowest BCUT2D eigenvalue weighted by atomic mass is 10.0. The van der Waals surface area contributed by atoms with Crippen LogP contribution in [0.5, 0.6) is 0 Å². The molecule has 0 aliphatic carbocycles. The van der Waals surface area contributed by atoms with Gasteiger partial charge in [-0.25, -0.2) is 0 Å². The zero-order valence-electron chi connectivity index (χ0n) is 10.9. The van der Waals surface area contributed by atoms with Crippen LogP contribution in [0.3, 0.4) is 0 Å². The standard InChI is InChI=1S/C15H24N/c1-4-16(5-2)10-8-14-7-6-13(3)12-15(14)9-11-16/h6-7,12H,4-5,8-11H2,1-3H3/q+1. The van der Waals surface area contributed by atoms with Gasteiger partial charge in [0.05, 0.1) is 26.2 Å². The first-order valence-corrected chi connectivity index (χ1v) is 6.62. The van der Waals surface area contributed by atoms with Crippen molar-refractivity contribution in [3.05, 3.63) is 34.9 Å². The molecule has 1 aliphatic rings. The molecule has 0 saturated heterocycles. The molecular weight excluding hydrogens is 194 g/mol. The highest BCUT2D eigenvalue weighted by Gasteiger charge is 2.26. The van der Waals surface area contributed by atoms with Crippen molar-refractivity contribution in [3.63, 3.8) is 0 Å². The summed E-state index contributed by atoms with van der Waals surface area (Å²) in [5.41, 5.74) is 4.60. The largest absolute Gasteiger partial charge is 0.324 e. The molecule has 2 rings (SSSR count). The van der Waals surface area contributed by atoms with Crippen LogP contribution in [0, 0.1) is 6.92 Å². The van der Waals surface area contributed by atoms with Gasteiger partial charge in [-0.3, -0.25) is 0 Å². The van der Waals surface area contributed by atoms with Crippen LogP contribution in [0.15, 0.2) is 18.2 Å². The summed E-state index contributed by atoms with van der Waals surface area (Å²) in [4.78, 5) is 0. The molecule has 0 unspecified atom stereocenters. The van der Waals surface area contributed by atoms with Crippen LogP contribution >= 0.6 is 0 Å². The summed E-state index contributed by atoms with van der Waals surface area (Å²) in [6.45, 7) is 12.1. The van der Waals surface area contributed by atoms with Gasteiger partial charge in [-0.2, -0.15) is 0 Å². The van der Waals surface area contributed by atoms with E-state index in [9.17, 15) is 0 Å². The molecule has 0 fully saturated rings. The highest BCUT2D eigenvalue weighted by atomic mass is 15.3. The smallest absolute Gasteiger partial charge is 0.0827 e. The molecule has 0 radical (unpaired) electrons. The summed E-state index contributed by atoms with van der Waals surface area (Å²) in [5, 5.41) is 0. The normalized spacial score (nSPS) is 18.9. The third kappa shape index (κ3) is 2.15. The number of fused-ring (bicyclic) bond motifs is 1. The van der Waals surface area contributed by atoms with Crippen LogP contribution < -0.4 is 0 Å². The lowest BCUT2D eigenvalue weighted by Crippen LogP contribution is -2.49. The molecule has 0 N–H and O–H groups in total. The average molecular weight is 218 g/mol. The maximum absolute atomic E-state index is 2.39. The second-order valence-corrected chi connectivity index (χ2v) is 5.19. The van der Waals surface area contributed by atoms with E-state index in [1.165, 1.54) is 49.1 Å². The molecule has 1 heterocycles. The fourth-order valence-corrected chi connectivity index (χ4v) is 2.91. The first kappa shape index (κ1) is 11.7. The van der Waals surface area contributed by atoms with E-state index in [1.807, 2.05) is 0 Å². The van der Waals surface area contributed by atoms with Crippen molar-refractivity contribution in [2.24, 2.45) is 0 Å². The van der Waals surface area contributed by atoms with Crippen molar-refractivity contribution in [1.29, 1.82) is 0 Å². The Hall–Kier alpha value is -0.820. The van der Waals surface area contributed by atoms with E-state index in [2.05, 4.69) is 39.0 Å². The van der Waals surface area contributed by atoms with Crippen molar-refractivity contribution in [2.75, 3.05) is 26.2 Å². The number of benzene rings is 1. The minimum absolute atomic E-state index is 1.26. The van der Waals surface area contributed by atoms with Gasteiger partial charge in [0.15, 0.2) is 0 Å². The lowest BCUT2D eigenvalue weighted by molar-refractivity contribution is -0.924.